The third-order valence-electron chi connectivity index (χ3n) is 1.73. The number of hydrogen-bond donors (Lipinski definition) is 0. The minimum atomic E-state index is 0.0515. The third kappa shape index (κ3) is 0.790. The molecule has 0 N–H and O–H groups in total. The van der Waals surface area contributed by atoms with Crippen LogP contribution in [0.1, 0.15) is 16.1 Å². The second-order valence-electron chi connectivity index (χ2n) is 2.46. The minimum absolute atomic E-state index is 0.0515. The summed E-state index contributed by atoms with van der Waals surface area (Å²) in [5, 5.41) is 3.95. The number of Topliss-reactive ketones (excluding diaryl/α,β-unsaturated/α-hetero) is 1. The summed E-state index contributed by atoms with van der Waals surface area (Å²) in [4.78, 5) is 15.0. The van der Waals surface area contributed by atoms with E-state index >= 15 is 0 Å². The fraction of sp³-hybridized carbons (Fsp3) is 0.286. The predicted molar refractivity (Wildman–Crippen MR) is 40.0 cm³/mol. The van der Waals surface area contributed by atoms with Gasteiger partial charge in [0.2, 0.25) is 0 Å². The number of fused-ring (bicyclic) bond motifs is 1. The summed E-state index contributed by atoms with van der Waals surface area (Å²) in [6.07, 6.45) is 3.27. The molecule has 0 unspecified atom stereocenters. The second-order valence-corrected chi connectivity index (χ2v) is 2.46. The molecule has 1 aromatic heterocycles. The topological polar surface area (TPSA) is 47.2 Å². The molecule has 1 aliphatic heterocycles. The van der Waals surface area contributed by atoms with Crippen LogP contribution in [0.4, 0.5) is 0 Å². The Kier molecular flexibility index (Phi) is 1.15. The van der Waals surface area contributed by atoms with Crippen LogP contribution in [-0.4, -0.2) is 28.3 Å². The number of ketones is 1. The average molecular weight is 149 g/mol. The van der Waals surface area contributed by atoms with E-state index in [0.29, 0.717) is 5.56 Å². The smallest absolute Gasteiger partial charge is 0.188 e. The van der Waals surface area contributed by atoms with E-state index in [4.69, 9.17) is 0 Å². The van der Waals surface area contributed by atoms with Crippen LogP contribution in [-0.2, 0) is 7.05 Å². The van der Waals surface area contributed by atoms with E-state index in [0.717, 1.165) is 5.69 Å². The quantitative estimate of drug-likeness (QED) is 0.522. The van der Waals surface area contributed by atoms with E-state index in [-0.39, 0.29) is 12.3 Å². The fourth-order valence-corrected chi connectivity index (χ4v) is 1.12. The van der Waals surface area contributed by atoms with E-state index in [1.54, 1.807) is 24.1 Å². The number of rotatable bonds is 0. The lowest BCUT2D eigenvalue weighted by Gasteiger charge is -2.02. The number of carbonyl (C=O) groups is 1. The van der Waals surface area contributed by atoms with Crippen molar-refractivity contribution in [2.75, 3.05) is 6.54 Å². The highest BCUT2D eigenvalue weighted by atomic mass is 16.1. The summed E-state index contributed by atoms with van der Waals surface area (Å²) in [5.74, 6) is 0.0515. The maximum absolute atomic E-state index is 11.1. The monoisotopic (exact) mass is 149 g/mol. The number of aliphatic imine (C=N–C) groups is 1. The molecule has 1 aromatic rings. The Morgan fingerprint density at radius 1 is 1.64 bits per heavy atom. The van der Waals surface area contributed by atoms with Crippen molar-refractivity contribution < 1.29 is 4.79 Å². The van der Waals surface area contributed by atoms with E-state index in [9.17, 15) is 4.79 Å². The number of aromatic nitrogens is 2. The maximum atomic E-state index is 11.1. The number of carbonyl (C=O) groups excluding carboxylic acids is 1. The Hall–Kier alpha value is -1.45. The van der Waals surface area contributed by atoms with Gasteiger partial charge in [-0.2, -0.15) is 5.10 Å². The highest BCUT2D eigenvalue weighted by Crippen LogP contribution is 2.09. The molecule has 56 valence electrons. The van der Waals surface area contributed by atoms with Crippen molar-refractivity contribution in [3.8, 4) is 0 Å². The van der Waals surface area contributed by atoms with E-state index < -0.39 is 0 Å². The molecule has 2 rings (SSSR count). The molecule has 0 aromatic carbocycles. The zero-order valence-electron chi connectivity index (χ0n) is 6.11. The second kappa shape index (κ2) is 2.02. The summed E-state index contributed by atoms with van der Waals surface area (Å²) < 4.78 is 1.65. The Labute approximate surface area is 63.5 Å². The first-order valence-electron chi connectivity index (χ1n) is 3.34. The predicted octanol–water partition coefficient (Wildman–Crippen LogP) is 0.0353. The molecule has 0 bridgehead atoms. The largest absolute Gasteiger partial charge is 0.292 e. The number of aryl methyl sites for hydroxylation is 1. The van der Waals surface area contributed by atoms with Crippen LogP contribution >= 0.6 is 0 Å². The Balaban J connectivity index is 2.66. The Bertz CT molecular complexity index is 337. The molecule has 0 radical (unpaired) electrons. The molecule has 0 saturated carbocycles. The van der Waals surface area contributed by atoms with Crippen molar-refractivity contribution in [2.24, 2.45) is 12.0 Å². The molecule has 4 heteroatoms. The lowest BCUT2D eigenvalue weighted by atomic mass is 10.1. The van der Waals surface area contributed by atoms with Gasteiger partial charge in [-0.05, 0) is 0 Å². The lowest BCUT2D eigenvalue weighted by molar-refractivity contribution is 0.100. The average Bonchev–Trinajstić information content (AvgIpc) is 2.35. The Morgan fingerprint density at radius 2 is 2.45 bits per heavy atom. The SMILES string of the molecule is Cn1ncc2c1C=NCC2=O. The molecular weight excluding hydrogens is 142 g/mol. The van der Waals surface area contributed by atoms with Crippen molar-refractivity contribution in [1.29, 1.82) is 0 Å². The van der Waals surface area contributed by atoms with Crippen LogP contribution in [0.3, 0.4) is 0 Å². The first kappa shape index (κ1) is 6.27. The molecule has 2 heterocycles. The van der Waals surface area contributed by atoms with Gasteiger partial charge < -0.3 is 0 Å². The summed E-state index contributed by atoms with van der Waals surface area (Å²) in [6.45, 7) is 0.263. The van der Waals surface area contributed by atoms with Gasteiger partial charge in [0.25, 0.3) is 0 Å². The zero-order chi connectivity index (χ0) is 7.84. The van der Waals surface area contributed by atoms with Crippen LogP contribution in [0.5, 0.6) is 0 Å². The van der Waals surface area contributed by atoms with Gasteiger partial charge in [-0.15, -0.1) is 0 Å². The normalized spacial score (nSPS) is 15.2. The van der Waals surface area contributed by atoms with E-state index in [1.807, 2.05) is 0 Å². The summed E-state index contributed by atoms with van der Waals surface area (Å²) >= 11 is 0. The summed E-state index contributed by atoms with van der Waals surface area (Å²) in [6, 6.07) is 0. The molecule has 0 fully saturated rings. The number of hydrogen-bond acceptors (Lipinski definition) is 3. The van der Waals surface area contributed by atoms with E-state index in [1.165, 1.54) is 0 Å². The van der Waals surface area contributed by atoms with Gasteiger partial charge >= 0.3 is 0 Å². The van der Waals surface area contributed by atoms with Crippen molar-refractivity contribution in [3.63, 3.8) is 0 Å². The summed E-state index contributed by atoms with van der Waals surface area (Å²) in [7, 11) is 1.80. The molecule has 4 nitrogen and oxygen atoms in total. The molecule has 0 atom stereocenters. The van der Waals surface area contributed by atoms with Crippen LogP contribution in [0, 0.1) is 0 Å². The van der Waals surface area contributed by atoms with Crippen molar-refractivity contribution in [2.45, 2.75) is 0 Å². The van der Waals surface area contributed by atoms with Gasteiger partial charge in [-0.25, -0.2) is 0 Å². The highest BCUT2D eigenvalue weighted by molar-refractivity contribution is 6.07. The highest BCUT2D eigenvalue weighted by Gasteiger charge is 2.16. The first-order valence-corrected chi connectivity index (χ1v) is 3.34. The lowest BCUT2D eigenvalue weighted by Crippen LogP contribution is -2.12. The van der Waals surface area contributed by atoms with Gasteiger partial charge in [-0.3, -0.25) is 14.5 Å². The van der Waals surface area contributed by atoms with Gasteiger partial charge in [0.1, 0.15) is 6.54 Å². The van der Waals surface area contributed by atoms with Gasteiger partial charge in [0, 0.05) is 13.3 Å². The Morgan fingerprint density at radius 3 is 3.18 bits per heavy atom. The van der Waals surface area contributed by atoms with Crippen molar-refractivity contribution in [1.82, 2.24) is 9.78 Å². The van der Waals surface area contributed by atoms with E-state index in [2.05, 4.69) is 10.1 Å². The minimum Gasteiger partial charge on any atom is -0.292 e. The molecule has 0 spiro atoms. The van der Waals surface area contributed by atoms with Crippen LogP contribution in [0.25, 0.3) is 0 Å². The third-order valence-corrected chi connectivity index (χ3v) is 1.73. The first-order chi connectivity index (χ1) is 5.29. The summed E-state index contributed by atoms with van der Waals surface area (Å²) in [5.41, 5.74) is 1.49. The van der Waals surface area contributed by atoms with Gasteiger partial charge in [0.15, 0.2) is 5.78 Å². The molecular formula is C7H7N3O. The van der Waals surface area contributed by atoms with Gasteiger partial charge in [-0.1, -0.05) is 0 Å². The van der Waals surface area contributed by atoms with Crippen LogP contribution in [0.15, 0.2) is 11.2 Å². The zero-order valence-corrected chi connectivity index (χ0v) is 6.11. The molecule has 0 amide bonds. The number of nitrogens with zero attached hydrogens (tertiary/aromatic N) is 3. The van der Waals surface area contributed by atoms with Crippen molar-refractivity contribution >= 4 is 12.0 Å². The molecule has 0 aliphatic carbocycles. The van der Waals surface area contributed by atoms with Crippen LogP contribution in [0.2, 0.25) is 0 Å². The standard InChI is InChI=1S/C7H7N3O/c1-10-6-3-8-4-7(11)5(6)2-9-10/h2-3H,4H2,1H3. The fourth-order valence-electron chi connectivity index (χ4n) is 1.12. The molecule has 11 heavy (non-hydrogen) atoms. The van der Waals surface area contributed by atoms with Gasteiger partial charge in [0.05, 0.1) is 17.5 Å². The van der Waals surface area contributed by atoms with Crippen molar-refractivity contribution in [3.05, 3.63) is 17.5 Å². The maximum Gasteiger partial charge on any atom is 0.188 e. The van der Waals surface area contributed by atoms with Crippen LogP contribution < -0.4 is 0 Å². The molecule has 0 saturated heterocycles. The molecule has 1 aliphatic rings.